The molecule has 1 aromatic carbocycles. The molecule has 3 rings (SSSR count). The molecule has 0 bridgehead atoms. The van der Waals surface area contributed by atoms with E-state index in [1.54, 1.807) is 18.3 Å². The summed E-state index contributed by atoms with van der Waals surface area (Å²) in [6.45, 7) is 2.08. The van der Waals surface area contributed by atoms with E-state index < -0.39 is 6.09 Å². The second-order valence-corrected chi connectivity index (χ2v) is 4.04. The van der Waals surface area contributed by atoms with Crippen LogP contribution in [-0.4, -0.2) is 20.8 Å². The first-order chi connectivity index (χ1) is 9.18. The molecular formula is C15H14N2O2. The minimum Gasteiger partial charge on any atom is -0.464 e. The molecule has 0 atom stereocenters. The van der Waals surface area contributed by atoms with Gasteiger partial charge in [0.05, 0.1) is 0 Å². The minimum absolute atomic E-state index is 0.477. The summed E-state index contributed by atoms with van der Waals surface area (Å²) in [6, 6.07) is 15.6. The van der Waals surface area contributed by atoms with Gasteiger partial charge in [0.15, 0.2) is 0 Å². The Morgan fingerprint density at radius 2 is 1.84 bits per heavy atom. The van der Waals surface area contributed by atoms with Crippen molar-refractivity contribution in [2.45, 2.75) is 6.92 Å². The fourth-order valence-corrected chi connectivity index (χ4v) is 1.65. The van der Waals surface area contributed by atoms with Gasteiger partial charge >= 0.3 is 6.09 Å². The van der Waals surface area contributed by atoms with Crippen molar-refractivity contribution in [1.29, 1.82) is 0 Å². The third-order valence-corrected chi connectivity index (χ3v) is 2.59. The third-order valence-electron chi connectivity index (χ3n) is 2.59. The molecule has 0 radical (unpaired) electrons. The molecule has 0 fully saturated rings. The van der Waals surface area contributed by atoms with Crippen molar-refractivity contribution in [3.63, 3.8) is 0 Å². The highest BCUT2D eigenvalue weighted by Gasteiger charge is 2.05. The molecule has 0 saturated heterocycles. The average molecular weight is 254 g/mol. The van der Waals surface area contributed by atoms with Crippen molar-refractivity contribution in [2.75, 3.05) is 0 Å². The molecule has 0 aliphatic heterocycles. The van der Waals surface area contributed by atoms with Crippen molar-refractivity contribution in [1.82, 2.24) is 9.55 Å². The number of nitrogens with zero attached hydrogens (tertiary/aromatic N) is 2. The SMILES string of the molecule is Cc1ccccc1.O=C(O)n1ccc2cccnc21. The zero-order valence-corrected chi connectivity index (χ0v) is 10.5. The summed E-state index contributed by atoms with van der Waals surface area (Å²) in [6.07, 6.45) is 2.05. The Labute approximate surface area is 111 Å². The number of carbonyl (C=O) groups is 1. The zero-order valence-electron chi connectivity index (χ0n) is 10.5. The molecule has 2 heterocycles. The quantitative estimate of drug-likeness (QED) is 0.667. The average Bonchev–Trinajstić information content (AvgIpc) is 2.84. The lowest BCUT2D eigenvalue weighted by Crippen LogP contribution is -2.06. The number of hydrogen-bond acceptors (Lipinski definition) is 2. The second-order valence-electron chi connectivity index (χ2n) is 4.04. The van der Waals surface area contributed by atoms with Crippen LogP contribution in [0.3, 0.4) is 0 Å². The van der Waals surface area contributed by atoms with E-state index in [0.717, 1.165) is 9.95 Å². The Balaban J connectivity index is 0.000000163. The summed E-state index contributed by atoms with van der Waals surface area (Å²) in [7, 11) is 0. The first-order valence-electron chi connectivity index (χ1n) is 5.85. The predicted octanol–water partition coefficient (Wildman–Crippen LogP) is 3.56. The monoisotopic (exact) mass is 254 g/mol. The van der Waals surface area contributed by atoms with Crippen molar-refractivity contribution >= 4 is 17.1 Å². The van der Waals surface area contributed by atoms with E-state index in [1.807, 2.05) is 24.3 Å². The van der Waals surface area contributed by atoms with Gasteiger partial charge in [-0.2, -0.15) is 0 Å². The second kappa shape index (κ2) is 5.82. The van der Waals surface area contributed by atoms with Gasteiger partial charge in [-0.15, -0.1) is 0 Å². The number of rotatable bonds is 0. The van der Waals surface area contributed by atoms with Gasteiger partial charge in [0.2, 0.25) is 0 Å². The standard InChI is InChI=1S/C8H6N2O2.C7H8/c11-8(12)10-5-3-6-2-1-4-9-7(6)10;1-7-5-3-2-4-6-7/h1-5H,(H,11,12);2-6H,1H3. The summed E-state index contributed by atoms with van der Waals surface area (Å²) in [5.41, 5.74) is 1.80. The molecule has 0 aliphatic carbocycles. The van der Waals surface area contributed by atoms with Crippen LogP contribution in [0, 0.1) is 6.92 Å². The third kappa shape index (κ3) is 3.19. The van der Waals surface area contributed by atoms with Gasteiger partial charge in [-0.3, -0.25) is 0 Å². The molecule has 2 aromatic heterocycles. The van der Waals surface area contributed by atoms with Crippen LogP contribution in [0.25, 0.3) is 11.0 Å². The molecule has 4 nitrogen and oxygen atoms in total. The molecule has 3 aromatic rings. The Morgan fingerprint density at radius 3 is 2.42 bits per heavy atom. The van der Waals surface area contributed by atoms with Crippen LogP contribution in [-0.2, 0) is 0 Å². The van der Waals surface area contributed by atoms with Crippen LogP contribution >= 0.6 is 0 Å². The molecule has 0 unspecified atom stereocenters. The fraction of sp³-hybridized carbons (Fsp3) is 0.0667. The van der Waals surface area contributed by atoms with Gasteiger partial charge < -0.3 is 5.11 Å². The highest BCUT2D eigenvalue weighted by Crippen LogP contribution is 2.11. The fourth-order valence-electron chi connectivity index (χ4n) is 1.65. The van der Waals surface area contributed by atoms with E-state index in [0.29, 0.717) is 5.65 Å². The zero-order chi connectivity index (χ0) is 13.7. The Hall–Kier alpha value is -2.62. The molecular weight excluding hydrogens is 240 g/mol. The van der Waals surface area contributed by atoms with Gasteiger partial charge in [0.25, 0.3) is 0 Å². The molecule has 0 aliphatic rings. The number of fused-ring (bicyclic) bond motifs is 1. The van der Waals surface area contributed by atoms with E-state index in [1.165, 1.54) is 11.8 Å². The van der Waals surface area contributed by atoms with Crippen LogP contribution in [0.5, 0.6) is 0 Å². The number of carboxylic acid groups (broad SMARTS) is 1. The van der Waals surface area contributed by atoms with Gasteiger partial charge in [-0.1, -0.05) is 35.9 Å². The van der Waals surface area contributed by atoms with Crippen LogP contribution in [0.4, 0.5) is 4.79 Å². The van der Waals surface area contributed by atoms with E-state index in [4.69, 9.17) is 5.11 Å². The lowest BCUT2D eigenvalue weighted by molar-refractivity contribution is 0.197. The maximum absolute atomic E-state index is 10.6. The topological polar surface area (TPSA) is 55.1 Å². The highest BCUT2D eigenvalue weighted by atomic mass is 16.4. The molecule has 0 saturated carbocycles. The van der Waals surface area contributed by atoms with E-state index in [2.05, 4.69) is 24.0 Å². The molecule has 96 valence electrons. The highest BCUT2D eigenvalue weighted by molar-refractivity contribution is 5.85. The number of pyridine rings is 1. The van der Waals surface area contributed by atoms with Crippen LogP contribution in [0.1, 0.15) is 5.56 Å². The Morgan fingerprint density at radius 1 is 1.11 bits per heavy atom. The summed E-state index contributed by atoms with van der Waals surface area (Å²) in [4.78, 5) is 14.5. The van der Waals surface area contributed by atoms with E-state index in [-0.39, 0.29) is 0 Å². The number of hydrogen-bond donors (Lipinski definition) is 1. The van der Waals surface area contributed by atoms with Gasteiger partial charge in [0, 0.05) is 17.8 Å². The molecule has 1 N–H and O–H groups in total. The van der Waals surface area contributed by atoms with E-state index >= 15 is 0 Å². The van der Waals surface area contributed by atoms with Crippen molar-refractivity contribution in [3.05, 3.63) is 66.5 Å². The summed E-state index contributed by atoms with van der Waals surface area (Å²) in [5.74, 6) is 0. The number of benzene rings is 1. The maximum Gasteiger partial charge on any atom is 0.417 e. The molecule has 4 heteroatoms. The summed E-state index contributed by atoms with van der Waals surface area (Å²) >= 11 is 0. The van der Waals surface area contributed by atoms with Gasteiger partial charge in [0.1, 0.15) is 5.65 Å². The van der Waals surface area contributed by atoms with Gasteiger partial charge in [-0.25, -0.2) is 14.3 Å². The lowest BCUT2D eigenvalue weighted by Gasteiger charge is -1.94. The van der Waals surface area contributed by atoms with Crippen molar-refractivity contribution in [3.8, 4) is 0 Å². The summed E-state index contributed by atoms with van der Waals surface area (Å²) in [5, 5.41) is 9.53. The summed E-state index contributed by atoms with van der Waals surface area (Å²) < 4.78 is 1.09. The maximum atomic E-state index is 10.6. The lowest BCUT2D eigenvalue weighted by atomic mass is 10.2. The number of aryl methyl sites for hydroxylation is 1. The number of aromatic nitrogens is 2. The van der Waals surface area contributed by atoms with Crippen LogP contribution < -0.4 is 0 Å². The van der Waals surface area contributed by atoms with Crippen LogP contribution in [0.15, 0.2) is 60.9 Å². The molecule has 0 spiro atoms. The van der Waals surface area contributed by atoms with E-state index in [9.17, 15) is 4.79 Å². The predicted molar refractivity (Wildman–Crippen MR) is 74.3 cm³/mol. The van der Waals surface area contributed by atoms with Gasteiger partial charge in [-0.05, 0) is 25.1 Å². The Bertz CT molecular complexity index is 675. The van der Waals surface area contributed by atoms with Crippen molar-refractivity contribution in [2.24, 2.45) is 0 Å². The normalized spacial score (nSPS) is 9.74. The van der Waals surface area contributed by atoms with Crippen molar-refractivity contribution < 1.29 is 9.90 Å². The first-order valence-corrected chi connectivity index (χ1v) is 5.85. The Kier molecular flexibility index (Phi) is 3.93. The smallest absolute Gasteiger partial charge is 0.417 e. The molecule has 19 heavy (non-hydrogen) atoms. The molecule has 0 amide bonds. The first kappa shape index (κ1) is 12.8. The largest absolute Gasteiger partial charge is 0.464 e. The van der Waals surface area contributed by atoms with Crippen LogP contribution in [0.2, 0.25) is 0 Å². The minimum atomic E-state index is -1.01.